The van der Waals surface area contributed by atoms with Gasteiger partial charge in [0.1, 0.15) is 0 Å². The Hall–Kier alpha value is -2.32. The predicted molar refractivity (Wildman–Crippen MR) is 111 cm³/mol. The fraction of sp³-hybridized carbons (Fsp3) is 0.300. The van der Waals surface area contributed by atoms with Crippen molar-refractivity contribution in [1.29, 1.82) is 0 Å². The first-order chi connectivity index (χ1) is 13.1. The molecule has 28 heavy (non-hydrogen) atoms. The number of hydrogen-bond donors (Lipinski definition) is 1. The molecule has 0 aliphatic heterocycles. The van der Waals surface area contributed by atoms with Crippen molar-refractivity contribution in [2.75, 3.05) is 16.7 Å². The number of benzene rings is 2. The summed E-state index contributed by atoms with van der Waals surface area (Å²) in [5, 5.41) is 0. The fourth-order valence-electron chi connectivity index (χ4n) is 2.35. The summed E-state index contributed by atoms with van der Waals surface area (Å²) in [7, 11) is -3.38. The topological polar surface area (TPSA) is 89.5 Å². The van der Waals surface area contributed by atoms with Crippen molar-refractivity contribution in [3.8, 4) is 0 Å². The number of ketones is 1. The summed E-state index contributed by atoms with van der Waals surface area (Å²) in [6.45, 7) is 3.54. The molecule has 0 radical (unpaired) electrons. The quantitative estimate of drug-likeness (QED) is 0.378. The summed E-state index contributed by atoms with van der Waals surface area (Å²) >= 11 is 1.55. The second-order valence-electron chi connectivity index (χ2n) is 6.36. The molecular weight excluding hydrogens is 398 g/mol. The minimum Gasteiger partial charge on any atom is -0.454 e. The Balaban J connectivity index is 1.82. The van der Waals surface area contributed by atoms with E-state index < -0.39 is 22.1 Å². The number of nitrogens with one attached hydrogen (secondary N) is 1. The zero-order valence-electron chi connectivity index (χ0n) is 16.0. The van der Waals surface area contributed by atoms with E-state index in [0.29, 0.717) is 17.0 Å². The van der Waals surface area contributed by atoms with Gasteiger partial charge in [-0.25, -0.2) is 8.42 Å². The van der Waals surface area contributed by atoms with Crippen molar-refractivity contribution in [2.45, 2.75) is 31.3 Å². The van der Waals surface area contributed by atoms with Crippen LogP contribution in [0, 0.1) is 6.92 Å². The van der Waals surface area contributed by atoms with Crippen LogP contribution in [0.5, 0.6) is 0 Å². The number of esters is 1. The summed E-state index contributed by atoms with van der Waals surface area (Å²) in [6, 6.07) is 14.0. The largest absolute Gasteiger partial charge is 0.454 e. The molecule has 150 valence electrons. The van der Waals surface area contributed by atoms with Gasteiger partial charge in [-0.05, 0) is 50.2 Å². The maximum absolute atomic E-state index is 12.4. The predicted octanol–water partition coefficient (Wildman–Crippen LogP) is 3.66. The highest BCUT2D eigenvalue weighted by Gasteiger charge is 2.19. The maximum Gasteiger partial charge on any atom is 0.307 e. The third-order valence-corrected chi connectivity index (χ3v) is 5.37. The molecule has 2 rings (SSSR count). The summed E-state index contributed by atoms with van der Waals surface area (Å²) in [5.74, 6) is -0.212. The number of hydrogen-bond acceptors (Lipinski definition) is 6. The molecule has 0 saturated carbocycles. The van der Waals surface area contributed by atoms with Crippen LogP contribution in [-0.2, 0) is 19.6 Å². The van der Waals surface area contributed by atoms with Gasteiger partial charge in [-0.15, -0.1) is 11.8 Å². The molecule has 0 spiro atoms. The molecule has 6 nitrogen and oxygen atoms in total. The van der Waals surface area contributed by atoms with Crippen molar-refractivity contribution < 1.29 is 22.7 Å². The molecule has 0 aromatic heterocycles. The molecule has 8 heteroatoms. The summed E-state index contributed by atoms with van der Waals surface area (Å²) in [4.78, 5) is 25.4. The van der Waals surface area contributed by atoms with Gasteiger partial charge in [0, 0.05) is 21.9 Å². The van der Waals surface area contributed by atoms with Crippen LogP contribution in [0.3, 0.4) is 0 Å². The van der Waals surface area contributed by atoms with Crippen molar-refractivity contribution in [1.82, 2.24) is 0 Å². The lowest BCUT2D eigenvalue weighted by Gasteiger charge is -2.13. The van der Waals surface area contributed by atoms with Gasteiger partial charge in [0.2, 0.25) is 15.8 Å². The Labute approximate surface area is 169 Å². The molecule has 2 aromatic rings. The standard InChI is InChI=1S/C20H23NO5S2/c1-14-4-10-18(11-5-14)27-13-12-19(22)26-15(2)20(23)16-6-8-17(9-7-16)21-28(3,24)25/h4-11,15,21H,12-13H2,1-3H3/t15-/m1/s1. The Morgan fingerprint density at radius 3 is 2.25 bits per heavy atom. The number of Topliss-reactive ketones (excluding diaryl/α,β-unsaturated/α-hetero) is 1. The number of anilines is 1. The van der Waals surface area contributed by atoms with E-state index in [1.807, 2.05) is 31.2 Å². The lowest BCUT2D eigenvalue weighted by Crippen LogP contribution is -2.24. The number of carbonyl (C=O) groups excluding carboxylic acids is 2. The Morgan fingerprint density at radius 2 is 1.68 bits per heavy atom. The molecule has 0 amide bonds. The van der Waals surface area contributed by atoms with Crippen LogP contribution < -0.4 is 4.72 Å². The van der Waals surface area contributed by atoms with Crippen molar-refractivity contribution in [2.24, 2.45) is 0 Å². The van der Waals surface area contributed by atoms with E-state index >= 15 is 0 Å². The molecule has 0 aliphatic rings. The molecular formula is C20H23NO5S2. The average molecular weight is 422 g/mol. The smallest absolute Gasteiger partial charge is 0.307 e. The summed E-state index contributed by atoms with van der Waals surface area (Å²) < 4.78 is 29.9. The van der Waals surface area contributed by atoms with Crippen LogP contribution >= 0.6 is 11.8 Å². The zero-order valence-corrected chi connectivity index (χ0v) is 17.6. The second kappa shape index (κ2) is 9.75. The van der Waals surface area contributed by atoms with Crippen LogP contribution in [-0.4, -0.2) is 38.3 Å². The first-order valence-corrected chi connectivity index (χ1v) is 11.5. The minimum absolute atomic E-state index is 0.202. The Bertz CT molecular complexity index is 922. The molecule has 0 saturated heterocycles. The third-order valence-electron chi connectivity index (χ3n) is 3.75. The van der Waals surface area contributed by atoms with Crippen molar-refractivity contribution >= 4 is 39.2 Å². The van der Waals surface area contributed by atoms with E-state index in [9.17, 15) is 18.0 Å². The number of ether oxygens (including phenoxy) is 1. The lowest BCUT2D eigenvalue weighted by molar-refractivity contribution is -0.145. The van der Waals surface area contributed by atoms with Gasteiger partial charge in [0.15, 0.2) is 6.10 Å². The van der Waals surface area contributed by atoms with E-state index in [2.05, 4.69) is 4.72 Å². The molecule has 1 N–H and O–H groups in total. The van der Waals surface area contributed by atoms with Crippen molar-refractivity contribution in [3.05, 3.63) is 59.7 Å². The lowest BCUT2D eigenvalue weighted by atomic mass is 10.1. The maximum atomic E-state index is 12.4. The molecule has 0 unspecified atom stereocenters. The third kappa shape index (κ3) is 7.36. The number of aryl methyl sites for hydroxylation is 1. The Morgan fingerprint density at radius 1 is 1.07 bits per heavy atom. The zero-order chi connectivity index (χ0) is 20.7. The van der Waals surface area contributed by atoms with Gasteiger partial charge in [-0.2, -0.15) is 0 Å². The van der Waals surface area contributed by atoms with Crippen molar-refractivity contribution in [3.63, 3.8) is 0 Å². The fourth-order valence-corrected chi connectivity index (χ4v) is 3.74. The first-order valence-electron chi connectivity index (χ1n) is 8.65. The van der Waals surface area contributed by atoms with Gasteiger partial charge in [0.25, 0.3) is 0 Å². The second-order valence-corrected chi connectivity index (χ2v) is 9.28. The van der Waals surface area contributed by atoms with Gasteiger partial charge in [0.05, 0.1) is 12.7 Å². The van der Waals surface area contributed by atoms with Crippen LogP contribution in [0.2, 0.25) is 0 Å². The Kier molecular flexibility index (Phi) is 7.65. The molecule has 0 fully saturated rings. The van der Waals surface area contributed by atoms with E-state index in [1.165, 1.54) is 36.8 Å². The number of rotatable bonds is 9. The highest BCUT2D eigenvalue weighted by molar-refractivity contribution is 7.99. The highest BCUT2D eigenvalue weighted by atomic mass is 32.2. The number of thioether (sulfide) groups is 1. The molecule has 0 bridgehead atoms. The van der Waals surface area contributed by atoms with Gasteiger partial charge >= 0.3 is 5.97 Å². The molecule has 1 atom stereocenters. The van der Waals surface area contributed by atoms with Gasteiger partial charge < -0.3 is 4.74 Å². The van der Waals surface area contributed by atoms with Gasteiger partial charge in [-0.3, -0.25) is 14.3 Å². The number of carbonyl (C=O) groups is 2. The highest BCUT2D eigenvalue weighted by Crippen LogP contribution is 2.19. The van der Waals surface area contributed by atoms with E-state index in [0.717, 1.165) is 11.2 Å². The molecule has 0 aliphatic carbocycles. The van der Waals surface area contributed by atoms with Crippen LogP contribution in [0.25, 0.3) is 0 Å². The van der Waals surface area contributed by atoms with E-state index in [-0.39, 0.29) is 12.2 Å². The summed E-state index contributed by atoms with van der Waals surface area (Å²) in [5.41, 5.74) is 1.88. The molecule has 2 aromatic carbocycles. The SMILES string of the molecule is Cc1ccc(SCCC(=O)O[C@H](C)C(=O)c2ccc(NS(C)(=O)=O)cc2)cc1. The number of sulfonamides is 1. The monoisotopic (exact) mass is 421 g/mol. The van der Waals surface area contributed by atoms with Gasteiger partial charge in [-0.1, -0.05) is 17.7 Å². The van der Waals surface area contributed by atoms with Crippen LogP contribution in [0.4, 0.5) is 5.69 Å². The van der Waals surface area contributed by atoms with E-state index in [4.69, 9.17) is 4.74 Å². The molecule has 0 heterocycles. The summed E-state index contributed by atoms with van der Waals surface area (Å²) in [6.07, 6.45) is 0.337. The average Bonchev–Trinajstić information content (AvgIpc) is 2.62. The normalized spacial score (nSPS) is 12.2. The first kappa shape index (κ1) is 22.0. The van der Waals surface area contributed by atoms with Crippen LogP contribution in [0.15, 0.2) is 53.4 Å². The van der Waals surface area contributed by atoms with E-state index in [1.54, 1.807) is 11.8 Å². The van der Waals surface area contributed by atoms with Crippen LogP contribution in [0.1, 0.15) is 29.3 Å². The minimum atomic E-state index is -3.38.